The molecule has 0 radical (unpaired) electrons. The first-order chi connectivity index (χ1) is 8.63. The highest BCUT2D eigenvalue weighted by molar-refractivity contribution is 6.17. The molecule has 0 spiro atoms. The number of carbonyl (C=O) groups is 2. The van der Waals surface area contributed by atoms with E-state index >= 15 is 0 Å². The molecule has 1 aromatic heterocycles. The zero-order valence-electron chi connectivity index (χ0n) is 10.5. The number of hydrogen-bond acceptors (Lipinski definition) is 2. The van der Waals surface area contributed by atoms with Crippen LogP contribution in [-0.4, -0.2) is 40.6 Å². The molecule has 2 heterocycles. The lowest BCUT2D eigenvalue weighted by molar-refractivity contribution is 0.0797. The number of aryl methyl sites for hydroxylation is 1. The molecule has 0 saturated heterocycles. The van der Waals surface area contributed by atoms with Crippen LogP contribution in [-0.2, 0) is 6.54 Å². The fraction of sp³-hybridized carbons (Fsp3) is 0.538. The van der Waals surface area contributed by atoms with Crippen LogP contribution in [0, 0.1) is 0 Å². The third kappa shape index (κ3) is 2.58. The van der Waals surface area contributed by atoms with Crippen LogP contribution in [0.4, 0.5) is 0 Å². The van der Waals surface area contributed by atoms with Crippen molar-refractivity contribution in [3.63, 3.8) is 0 Å². The van der Waals surface area contributed by atoms with Crippen molar-refractivity contribution in [3.8, 4) is 0 Å². The largest absolute Gasteiger partial charge is 0.353 e. The highest BCUT2D eigenvalue weighted by Crippen LogP contribution is 2.19. The molecule has 1 aliphatic heterocycles. The minimum absolute atomic E-state index is 0.0544. The van der Waals surface area contributed by atoms with Crippen LogP contribution in [0.3, 0.4) is 0 Å². The Kier molecular flexibility index (Phi) is 4.07. The molecule has 98 valence electrons. The first kappa shape index (κ1) is 13.1. The average Bonchev–Trinajstić information content (AvgIpc) is 2.75. The SMILES string of the molecule is CN1CCC(=O)c2cn(CCCCCl)cc2C1=O. The smallest absolute Gasteiger partial charge is 0.255 e. The maximum atomic E-state index is 12.1. The molecule has 4 nitrogen and oxygen atoms in total. The Bertz CT molecular complexity index is 468. The molecule has 0 aromatic carbocycles. The number of amides is 1. The standard InChI is InChI=1S/C13H17ClN2O2/c1-15-7-4-12(17)10-8-16(6-3-2-5-14)9-11(10)13(15)18/h8-9H,2-7H2,1H3. The maximum absolute atomic E-state index is 12.1. The molecule has 1 aliphatic rings. The molecular formula is C13H17ClN2O2. The van der Waals surface area contributed by atoms with Crippen LogP contribution in [0.2, 0.25) is 0 Å². The van der Waals surface area contributed by atoms with E-state index < -0.39 is 0 Å². The van der Waals surface area contributed by atoms with Crippen molar-refractivity contribution in [2.75, 3.05) is 19.5 Å². The van der Waals surface area contributed by atoms with Crippen molar-refractivity contribution in [2.24, 2.45) is 0 Å². The van der Waals surface area contributed by atoms with Crippen LogP contribution in [0.1, 0.15) is 40.0 Å². The minimum Gasteiger partial charge on any atom is -0.353 e. The summed E-state index contributed by atoms with van der Waals surface area (Å²) in [5.41, 5.74) is 1.10. The maximum Gasteiger partial charge on any atom is 0.255 e. The fourth-order valence-corrected chi connectivity index (χ4v) is 2.32. The number of rotatable bonds is 4. The van der Waals surface area contributed by atoms with Crippen molar-refractivity contribution in [3.05, 3.63) is 23.5 Å². The Hall–Kier alpha value is -1.29. The summed E-state index contributed by atoms with van der Waals surface area (Å²) < 4.78 is 1.92. The number of halogens is 1. The second-order valence-electron chi connectivity index (χ2n) is 4.62. The summed E-state index contributed by atoms with van der Waals surface area (Å²) >= 11 is 5.63. The molecule has 0 N–H and O–H groups in total. The molecule has 0 fully saturated rings. The first-order valence-corrected chi connectivity index (χ1v) is 6.71. The topological polar surface area (TPSA) is 42.3 Å². The molecule has 5 heteroatoms. The van der Waals surface area contributed by atoms with Gasteiger partial charge in [-0.25, -0.2) is 0 Å². The Balaban J connectivity index is 2.22. The van der Waals surface area contributed by atoms with Crippen LogP contribution in [0.25, 0.3) is 0 Å². The highest BCUT2D eigenvalue weighted by Gasteiger charge is 2.26. The Morgan fingerprint density at radius 1 is 1.22 bits per heavy atom. The summed E-state index contributed by atoms with van der Waals surface area (Å²) in [5.74, 6) is 0.632. The molecule has 0 saturated carbocycles. The predicted octanol–water partition coefficient (Wildman–Crippen LogP) is 2.17. The average molecular weight is 269 g/mol. The summed E-state index contributed by atoms with van der Waals surface area (Å²) in [6.45, 7) is 1.29. The molecule has 18 heavy (non-hydrogen) atoms. The van der Waals surface area contributed by atoms with E-state index in [1.165, 1.54) is 0 Å². The van der Waals surface area contributed by atoms with Gasteiger partial charge in [-0.2, -0.15) is 0 Å². The van der Waals surface area contributed by atoms with Gasteiger partial charge in [0.05, 0.1) is 5.56 Å². The molecule has 2 rings (SSSR count). The summed E-state index contributed by atoms with van der Waals surface area (Å²) in [4.78, 5) is 25.6. The molecule has 1 amide bonds. The normalized spacial score (nSPS) is 15.8. The van der Waals surface area contributed by atoms with E-state index in [-0.39, 0.29) is 11.7 Å². The zero-order chi connectivity index (χ0) is 13.1. The van der Waals surface area contributed by atoms with Crippen molar-refractivity contribution >= 4 is 23.3 Å². The Morgan fingerprint density at radius 3 is 2.67 bits per heavy atom. The van der Waals surface area contributed by atoms with Crippen LogP contribution < -0.4 is 0 Å². The van der Waals surface area contributed by atoms with Gasteiger partial charge in [-0.15, -0.1) is 11.6 Å². The molecule has 0 bridgehead atoms. The summed E-state index contributed by atoms with van der Waals surface area (Å²) in [6.07, 6.45) is 5.87. The van der Waals surface area contributed by atoms with Crippen molar-refractivity contribution < 1.29 is 9.59 Å². The lowest BCUT2D eigenvalue weighted by Gasteiger charge is -2.12. The van der Waals surface area contributed by atoms with E-state index in [1.807, 2.05) is 4.57 Å². The van der Waals surface area contributed by atoms with Crippen LogP contribution in [0.15, 0.2) is 12.4 Å². The second-order valence-corrected chi connectivity index (χ2v) is 5.00. The van der Waals surface area contributed by atoms with Crippen molar-refractivity contribution in [1.82, 2.24) is 9.47 Å². The van der Waals surface area contributed by atoms with E-state index in [2.05, 4.69) is 0 Å². The second kappa shape index (κ2) is 5.57. The predicted molar refractivity (Wildman–Crippen MR) is 70.3 cm³/mol. The van der Waals surface area contributed by atoms with Gasteiger partial charge in [0.15, 0.2) is 5.78 Å². The Morgan fingerprint density at radius 2 is 1.94 bits per heavy atom. The van der Waals surface area contributed by atoms with E-state index in [0.29, 0.717) is 30.0 Å². The molecule has 0 atom stereocenters. The number of aromatic nitrogens is 1. The van der Waals surface area contributed by atoms with Gasteiger partial charge in [0.1, 0.15) is 0 Å². The van der Waals surface area contributed by atoms with Gasteiger partial charge in [-0.05, 0) is 12.8 Å². The van der Waals surface area contributed by atoms with Crippen molar-refractivity contribution in [1.29, 1.82) is 0 Å². The van der Waals surface area contributed by atoms with Gasteiger partial charge < -0.3 is 9.47 Å². The van der Waals surface area contributed by atoms with Gasteiger partial charge in [0, 0.05) is 50.4 Å². The Labute approximate surface area is 112 Å². The molecule has 0 unspecified atom stereocenters. The number of unbranched alkanes of at least 4 members (excludes halogenated alkanes) is 1. The van der Waals surface area contributed by atoms with Gasteiger partial charge >= 0.3 is 0 Å². The molecule has 1 aromatic rings. The third-order valence-electron chi connectivity index (χ3n) is 3.23. The number of nitrogens with zero attached hydrogens (tertiary/aromatic N) is 2. The lowest BCUT2D eigenvalue weighted by atomic mass is 10.1. The van der Waals surface area contributed by atoms with E-state index in [9.17, 15) is 9.59 Å². The van der Waals surface area contributed by atoms with Gasteiger partial charge in [-0.3, -0.25) is 9.59 Å². The monoisotopic (exact) mass is 268 g/mol. The van der Waals surface area contributed by atoms with E-state index in [4.69, 9.17) is 11.6 Å². The minimum atomic E-state index is -0.0630. The third-order valence-corrected chi connectivity index (χ3v) is 3.50. The quantitative estimate of drug-likeness (QED) is 0.620. The van der Waals surface area contributed by atoms with Gasteiger partial charge in [0.25, 0.3) is 5.91 Å². The molecular weight excluding hydrogens is 252 g/mol. The van der Waals surface area contributed by atoms with Crippen LogP contribution in [0.5, 0.6) is 0 Å². The van der Waals surface area contributed by atoms with E-state index in [1.54, 1.807) is 24.3 Å². The van der Waals surface area contributed by atoms with Gasteiger partial charge in [-0.1, -0.05) is 0 Å². The number of Topliss-reactive ketones (excluding diaryl/α,β-unsaturated/α-hetero) is 1. The van der Waals surface area contributed by atoms with Crippen LogP contribution >= 0.6 is 11.6 Å². The van der Waals surface area contributed by atoms with Gasteiger partial charge in [0.2, 0.25) is 0 Å². The zero-order valence-corrected chi connectivity index (χ0v) is 11.2. The van der Waals surface area contributed by atoms with E-state index in [0.717, 1.165) is 19.4 Å². The lowest BCUT2D eigenvalue weighted by Crippen LogP contribution is -2.26. The fourth-order valence-electron chi connectivity index (χ4n) is 2.13. The number of ketones is 1. The summed E-state index contributed by atoms with van der Waals surface area (Å²) in [6, 6.07) is 0. The number of carbonyl (C=O) groups excluding carboxylic acids is 2. The first-order valence-electron chi connectivity index (χ1n) is 6.18. The number of hydrogen-bond donors (Lipinski definition) is 0. The number of alkyl halides is 1. The van der Waals surface area contributed by atoms with Crippen molar-refractivity contribution in [2.45, 2.75) is 25.8 Å². The summed E-state index contributed by atoms with van der Waals surface area (Å²) in [7, 11) is 1.73. The number of fused-ring (bicyclic) bond motifs is 1. The molecule has 0 aliphatic carbocycles. The highest BCUT2D eigenvalue weighted by atomic mass is 35.5. The summed E-state index contributed by atoms with van der Waals surface area (Å²) in [5, 5.41) is 0.